The minimum Gasteiger partial charge on any atom is -0.456 e. The highest BCUT2D eigenvalue weighted by atomic mass is 16.6. The fourth-order valence-corrected chi connectivity index (χ4v) is 6.02. The summed E-state index contributed by atoms with van der Waals surface area (Å²) >= 11 is 0. The van der Waals surface area contributed by atoms with Crippen LogP contribution in [0.25, 0.3) is 0 Å². The molecule has 0 spiro atoms. The molecule has 31 heavy (non-hydrogen) atoms. The number of hydrogen-bond acceptors (Lipinski definition) is 4. The Hall–Kier alpha value is -2.04. The zero-order valence-corrected chi connectivity index (χ0v) is 19.9. The van der Waals surface area contributed by atoms with E-state index in [4.69, 9.17) is 9.47 Å². The Morgan fingerprint density at radius 3 is 2.39 bits per heavy atom. The van der Waals surface area contributed by atoms with Crippen molar-refractivity contribution in [1.29, 1.82) is 0 Å². The van der Waals surface area contributed by atoms with Crippen LogP contribution in [0.5, 0.6) is 0 Å². The maximum absolute atomic E-state index is 13.0. The molecule has 5 heteroatoms. The maximum Gasteiger partial charge on any atom is 0.410 e. The van der Waals surface area contributed by atoms with Gasteiger partial charge in [-0.15, -0.1) is 0 Å². The van der Waals surface area contributed by atoms with Gasteiger partial charge in [0.05, 0.1) is 5.56 Å². The van der Waals surface area contributed by atoms with E-state index in [1.54, 1.807) is 0 Å². The lowest BCUT2D eigenvalue weighted by molar-refractivity contribution is -0.0349. The third-order valence-corrected chi connectivity index (χ3v) is 7.10. The molecule has 5 nitrogen and oxygen atoms in total. The minimum atomic E-state index is -0.511. The van der Waals surface area contributed by atoms with Crippen LogP contribution < -0.4 is 0 Å². The van der Waals surface area contributed by atoms with Gasteiger partial charge < -0.3 is 14.4 Å². The van der Waals surface area contributed by atoms with E-state index in [1.807, 2.05) is 52.5 Å². The number of rotatable bonds is 1. The van der Waals surface area contributed by atoms with E-state index in [0.717, 1.165) is 25.7 Å². The second-order valence-corrected chi connectivity index (χ2v) is 11.6. The molecule has 1 aliphatic heterocycles. The number of esters is 1. The standard InChI is InChI=1S/C26H37NO4/c1-24(2,3)30-22(28)18-11-10-17-16-21-19-9-7-8-12-26(19,20(17)15-18)13-14-27(21)23(29)31-25(4,5)6/h10-11,15,19,21H,7-9,12-14,16H2,1-6H3/t19-,21+,26+/m0/s1. The molecule has 1 aromatic rings. The molecule has 0 N–H and O–H groups in total. The maximum atomic E-state index is 13.0. The lowest BCUT2D eigenvalue weighted by Gasteiger charge is -2.58. The van der Waals surface area contributed by atoms with E-state index in [0.29, 0.717) is 18.0 Å². The van der Waals surface area contributed by atoms with Crippen molar-refractivity contribution in [2.75, 3.05) is 6.54 Å². The first-order valence-electron chi connectivity index (χ1n) is 11.8. The summed E-state index contributed by atoms with van der Waals surface area (Å²) < 4.78 is 11.4. The predicted molar refractivity (Wildman–Crippen MR) is 120 cm³/mol. The Balaban J connectivity index is 1.69. The molecule has 0 aromatic heterocycles. The predicted octanol–water partition coefficient (Wildman–Crippen LogP) is 5.64. The molecular formula is C26H37NO4. The summed E-state index contributed by atoms with van der Waals surface area (Å²) in [6.45, 7) is 12.2. The van der Waals surface area contributed by atoms with Gasteiger partial charge in [0.15, 0.2) is 0 Å². The highest BCUT2D eigenvalue weighted by Gasteiger charge is 2.55. The lowest BCUT2D eigenvalue weighted by Crippen LogP contribution is -2.62. The van der Waals surface area contributed by atoms with Crippen molar-refractivity contribution in [2.45, 2.75) is 103 Å². The topological polar surface area (TPSA) is 55.8 Å². The highest BCUT2D eigenvalue weighted by molar-refractivity contribution is 5.90. The fraction of sp³-hybridized carbons (Fsp3) is 0.692. The Morgan fingerprint density at radius 1 is 1.00 bits per heavy atom. The molecule has 0 unspecified atom stereocenters. The molecule has 3 atom stereocenters. The first-order chi connectivity index (χ1) is 14.4. The van der Waals surface area contributed by atoms with Gasteiger partial charge in [0.2, 0.25) is 0 Å². The van der Waals surface area contributed by atoms with Crippen molar-refractivity contribution >= 4 is 12.1 Å². The molecule has 1 heterocycles. The number of amides is 1. The van der Waals surface area contributed by atoms with Gasteiger partial charge in [-0.05, 0) is 96.4 Å². The second-order valence-electron chi connectivity index (χ2n) is 11.6. The van der Waals surface area contributed by atoms with Crippen LogP contribution in [-0.4, -0.2) is 40.8 Å². The van der Waals surface area contributed by atoms with Crippen molar-refractivity contribution in [3.8, 4) is 0 Å². The number of ether oxygens (including phenoxy) is 2. The number of fused-ring (bicyclic) bond motifs is 1. The van der Waals surface area contributed by atoms with E-state index in [9.17, 15) is 9.59 Å². The molecule has 1 amide bonds. The van der Waals surface area contributed by atoms with Crippen LogP contribution >= 0.6 is 0 Å². The Kier molecular flexibility index (Phi) is 5.38. The molecular weight excluding hydrogens is 390 g/mol. The highest BCUT2D eigenvalue weighted by Crippen LogP contribution is 2.56. The van der Waals surface area contributed by atoms with Crippen LogP contribution in [0.15, 0.2) is 18.2 Å². The van der Waals surface area contributed by atoms with Gasteiger partial charge in [-0.3, -0.25) is 0 Å². The van der Waals surface area contributed by atoms with Gasteiger partial charge in [-0.25, -0.2) is 9.59 Å². The average Bonchev–Trinajstić information content (AvgIpc) is 2.65. The summed E-state index contributed by atoms with van der Waals surface area (Å²) in [5, 5.41) is 0. The molecule has 3 aliphatic rings. The molecule has 2 aliphatic carbocycles. The van der Waals surface area contributed by atoms with Crippen molar-refractivity contribution < 1.29 is 19.1 Å². The van der Waals surface area contributed by atoms with Gasteiger partial charge >= 0.3 is 12.1 Å². The van der Waals surface area contributed by atoms with E-state index in [1.165, 1.54) is 24.0 Å². The van der Waals surface area contributed by atoms with Gasteiger partial charge in [0, 0.05) is 18.0 Å². The summed E-state index contributed by atoms with van der Waals surface area (Å²) in [6.07, 6.45) is 6.22. The molecule has 0 radical (unpaired) electrons. The molecule has 4 rings (SSSR count). The van der Waals surface area contributed by atoms with Gasteiger partial charge in [-0.1, -0.05) is 18.9 Å². The van der Waals surface area contributed by atoms with Crippen molar-refractivity contribution in [2.24, 2.45) is 5.92 Å². The minimum absolute atomic E-state index is 0.0486. The van der Waals surface area contributed by atoms with E-state index >= 15 is 0 Å². The molecule has 170 valence electrons. The molecule has 1 saturated heterocycles. The smallest absolute Gasteiger partial charge is 0.410 e. The summed E-state index contributed by atoms with van der Waals surface area (Å²) in [4.78, 5) is 27.8. The number of hydrogen-bond donors (Lipinski definition) is 0. The van der Waals surface area contributed by atoms with Crippen LogP contribution in [0.3, 0.4) is 0 Å². The fourth-order valence-electron chi connectivity index (χ4n) is 6.02. The van der Waals surface area contributed by atoms with Crippen molar-refractivity contribution in [3.63, 3.8) is 0 Å². The van der Waals surface area contributed by atoms with Gasteiger partial charge in [0.1, 0.15) is 11.2 Å². The third-order valence-electron chi connectivity index (χ3n) is 7.10. The number of carbonyl (C=O) groups excluding carboxylic acids is 2. The Bertz CT molecular complexity index is 878. The van der Waals surface area contributed by atoms with Crippen LogP contribution in [0, 0.1) is 5.92 Å². The number of benzene rings is 1. The van der Waals surface area contributed by atoms with E-state index in [2.05, 4.69) is 12.1 Å². The van der Waals surface area contributed by atoms with Crippen molar-refractivity contribution in [3.05, 3.63) is 34.9 Å². The number of piperidine rings is 1. The summed E-state index contributed by atoms with van der Waals surface area (Å²) in [6, 6.07) is 6.25. The number of likely N-dealkylation sites (tertiary alicyclic amines) is 1. The first kappa shape index (κ1) is 22.2. The second kappa shape index (κ2) is 7.53. The average molecular weight is 428 g/mol. The van der Waals surface area contributed by atoms with Gasteiger partial charge in [0.25, 0.3) is 0 Å². The Labute approximate surface area is 186 Å². The summed E-state index contributed by atoms with van der Waals surface area (Å²) in [5.74, 6) is 0.163. The first-order valence-corrected chi connectivity index (χ1v) is 11.8. The number of carbonyl (C=O) groups is 2. The van der Waals surface area contributed by atoms with Crippen LogP contribution in [0.1, 0.15) is 95.1 Å². The largest absolute Gasteiger partial charge is 0.456 e. The zero-order valence-electron chi connectivity index (χ0n) is 19.9. The monoisotopic (exact) mass is 427 g/mol. The van der Waals surface area contributed by atoms with Gasteiger partial charge in [-0.2, -0.15) is 0 Å². The van der Waals surface area contributed by atoms with Crippen LogP contribution in [-0.2, 0) is 21.3 Å². The molecule has 1 aromatic carbocycles. The van der Waals surface area contributed by atoms with Crippen LogP contribution in [0.4, 0.5) is 4.79 Å². The normalized spacial score (nSPS) is 27.7. The van der Waals surface area contributed by atoms with Crippen molar-refractivity contribution in [1.82, 2.24) is 4.90 Å². The SMILES string of the molecule is CC(C)(C)OC(=O)c1ccc2c(c1)[C@@]13CCCC[C@H]1[C@@H](C2)N(C(=O)OC(C)(C)C)CC3. The molecule has 2 bridgehead atoms. The molecule has 2 fully saturated rings. The number of nitrogens with zero attached hydrogens (tertiary/aromatic N) is 1. The lowest BCUT2D eigenvalue weighted by atomic mass is 9.52. The summed E-state index contributed by atoms with van der Waals surface area (Å²) in [5.41, 5.74) is 2.27. The Morgan fingerprint density at radius 2 is 1.71 bits per heavy atom. The zero-order chi connectivity index (χ0) is 22.6. The van der Waals surface area contributed by atoms with E-state index in [-0.39, 0.29) is 23.5 Å². The van der Waals surface area contributed by atoms with Crippen LogP contribution in [0.2, 0.25) is 0 Å². The molecule has 1 saturated carbocycles. The third kappa shape index (κ3) is 4.20. The summed E-state index contributed by atoms with van der Waals surface area (Å²) in [7, 11) is 0. The van der Waals surface area contributed by atoms with E-state index < -0.39 is 11.2 Å². The quantitative estimate of drug-likeness (QED) is 0.545.